The maximum absolute atomic E-state index is 6.11. The molecule has 1 N–H and O–H groups in total. The molecule has 6 nitrogen and oxygen atoms in total. The summed E-state index contributed by atoms with van der Waals surface area (Å²) in [6, 6.07) is 8.14. The standard InChI is InChI=1S/C22H35N3O3.HI/c1-18-6-8-19(9-7-18)27-16-12-24-22(23-2)25-13-10-20(11-14-25)28-17-21-5-3-4-15-26-21;/h6-9,20-21H,3-5,10-17H2,1-2H3,(H,23,24);1H. The molecule has 1 aromatic carbocycles. The minimum Gasteiger partial charge on any atom is -0.492 e. The Hall–Kier alpha value is -1.06. The van der Waals surface area contributed by atoms with E-state index in [0.717, 1.165) is 63.8 Å². The Morgan fingerprint density at radius 2 is 1.93 bits per heavy atom. The number of ether oxygens (including phenoxy) is 3. The molecule has 29 heavy (non-hydrogen) atoms. The molecule has 0 aromatic heterocycles. The molecule has 1 atom stereocenters. The van der Waals surface area contributed by atoms with Crippen LogP contribution in [0.1, 0.15) is 37.7 Å². The van der Waals surface area contributed by atoms with E-state index in [1.807, 2.05) is 19.2 Å². The molecule has 0 bridgehead atoms. The van der Waals surface area contributed by atoms with Gasteiger partial charge in [0, 0.05) is 26.7 Å². The highest BCUT2D eigenvalue weighted by molar-refractivity contribution is 14.0. The monoisotopic (exact) mass is 517 g/mol. The molecule has 1 aromatic rings. The third-order valence-electron chi connectivity index (χ3n) is 5.42. The van der Waals surface area contributed by atoms with Gasteiger partial charge in [-0.2, -0.15) is 0 Å². The van der Waals surface area contributed by atoms with E-state index in [-0.39, 0.29) is 24.0 Å². The fourth-order valence-electron chi connectivity index (χ4n) is 3.72. The topological polar surface area (TPSA) is 55.3 Å². The van der Waals surface area contributed by atoms with Gasteiger partial charge >= 0.3 is 0 Å². The van der Waals surface area contributed by atoms with Gasteiger partial charge < -0.3 is 24.4 Å². The number of rotatable bonds is 7. The van der Waals surface area contributed by atoms with Crippen LogP contribution in [0.5, 0.6) is 5.75 Å². The van der Waals surface area contributed by atoms with Gasteiger partial charge in [0.2, 0.25) is 0 Å². The lowest BCUT2D eigenvalue weighted by molar-refractivity contribution is -0.0721. The summed E-state index contributed by atoms with van der Waals surface area (Å²) in [7, 11) is 1.84. The average Bonchev–Trinajstić information content (AvgIpc) is 2.75. The number of hydrogen-bond donors (Lipinski definition) is 1. The molecule has 0 spiro atoms. The van der Waals surface area contributed by atoms with Gasteiger partial charge in [0.05, 0.1) is 25.4 Å². The lowest BCUT2D eigenvalue weighted by Crippen LogP contribution is -2.48. The van der Waals surface area contributed by atoms with Crippen LogP contribution in [0.4, 0.5) is 0 Å². The second-order valence-electron chi connectivity index (χ2n) is 7.64. The van der Waals surface area contributed by atoms with Gasteiger partial charge in [-0.05, 0) is 51.2 Å². The van der Waals surface area contributed by atoms with Crippen molar-refractivity contribution in [3.05, 3.63) is 29.8 Å². The predicted octanol–water partition coefficient (Wildman–Crippen LogP) is 3.62. The molecular weight excluding hydrogens is 481 g/mol. The summed E-state index contributed by atoms with van der Waals surface area (Å²) in [6.45, 7) is 6.99. The minimum absolute atomic E-state index is 0. The summed E-state index contributed by atoms with van der Waals surface area (Å²) in [4.78, 5) is 6.74. The van der Waals surface area contributed by atoms with E-state index < -0.39 is 0 Å². The lowest BCUT2D eigenvalue weighted by atomic mass is 10.1. The van der Waals surface area contributed by atoms with Crippen molar-refractivity contribution >= 4 is 29.9 Å². The number of halogens is 1. The second-order valence-corrected chi connectivity index (χ2v) is 7.64. The van der Waals surface area contributed by atoms with Gasteiger partial charge in [0.15, 0.2) is 5.96 Å². The highest BCUT2D eigenvalue weighted by atomic mass is 127. The van der Waals surface area contributed by atoms with Crippen molar-refractivity contribution in [1.29, 1.82) is 0 Å². The molecule has 0 radical (unpaired) electrons. The van der Waals surface area contributed by atoms with Crippen molar-refractivity contribution in [3.63, 3.8) is 0 Å². The first-order valence-corrected chi connectivity index (χ1v) is 10.6. The molecule has 2 aliphatic heterocycles. The number of nitrogens with one attached hydrogen (secondary N) is 1. The fourth-order valence-corrected chi connectivity index (χ4v) is 3.72. The summed E-state index contributed by atoms with van der Waals surface area (Å²) in [6.07, 6.45) is 6.30. The predicted molar refractivity (Wildman–Crippen MR) is 128 cm³/mol. The molecule has 2 saturated heterocycles. The molecule has 1 unspecified atom stereocenters. The van der Waals surface area contributed by atoms with Gasteiger partial charge in [-0.1, -0.05) is 17.7 Å². The molecule has 0 saturated carbocycles. The van der Waals surface area contributed by atoms with E-state index in [0.29, 0.717) is 18.8 Å². The number of piperidine rings is 1. The second kappa shape index (κ2) is 13.3. The number of nitrogens with zero attached hydrogens (tertiary/aromatic N) is 2. The summed E-state index contributed by atoms with van der Waals surface area (Å²) in [5.74, 6) is 1.85. The van der Waals surface area contributed by atoms with E-state index in [1.54, 1.807) is 0 Å². The highest BCUT2D eigenvalue weighted by Crippen LogP contribution is 2.18. The van der Waals surface area contributed by atoms with Crippen molar-refractivity contribution in [2.24, 2.45) is 4.99 Å². The summed E-state index contributed by atoms with van der Waals surface area (Å²) < 4.78 is 17.7. The quantitative estimate of drug-likeness (QED) is 0.259. The van der Waals surface area contributed by atoms with Crippen molar-refractivity contribution in [1.82, 2.24) is 10.2 Å². The fraction of sp³-hybridized carbons (Fsp3) is 0.682. The van der Waals surface area contributed by atoms with E-state index in [2.05, 4.69) is 34.3 Å². The van der Waals surface area contributed by atoms with Crippen LogP contribution in [0.2, 0.25) is 0 Å². The first-order valence-electron chi connectivity index (χ1n) is 10.6. The largest absolute Gasteiger partial charge is 0.492 e. The third-order valence-corrected chi connectivity index (χ3v) is 5.42. The van der Waals surface area contributed by atoms with Gasteiger partial charge in [-0.25, -0.2) is 0 Å². The van der Waals surface area contributed by atoms with Crippen LogP contribution >= 0.6 is 24.0 Å². The maximum Gasteiger partial charge on any atom is 0.193 e. The summed E-state index contributed by atoms with van der Waals surface area (Å²) >= 11 is 0. The van der Waals surface area contributed by atoms with E-state index in [4.69, 9.17) is 14.2 Å². The van der Waals surface area contributed by atoms with E-state index in [9.17, 15) is 0 Å². The molecule has 3 rings (SSSR count). The van der Waals surface area contributed by atoms with Gasteiger partial charge in [-0.15, -0.1) is 24.0 Å². The smallest absolute Gasteiger partial charge is 0.193 e. The molecule has 7 heteroatoms. The molecule has 2 fully saturated rings. The number of aryl methyl sites for hydroxylation is 1. The number of guanidine groups is 1. The van der Waals surface area contributed by atoms with Gasteiger partial charge in [0.25, 0.3) is 0 Å². The Kier molecular flexibility index (Phi) is 11.1. The minimum atomic E-state index is 0. The van der Waals surface area contributed by atoms with Crippen LogP contribution in [-0.4, -0.2) is 69.6 Å². The molecule has 0 amide bonds. The third kappa shape index (κ3) is 8.30. The average molecular weight is 517 g/mol. The van der Waals surface area contributed by atoms with Crippen LogP contribution in [0, 0.1) is 6.92 Å². The first-order chi connectivity index (χ1) is 13.7. The molecular formula is C22H36IN3O3. The molecule has 0 aliphatic carbocycles. The van der Waals surface area contributed by atoms with Crippen molar-refractivity contribution in [2.75, 3.05) is 46.5 Å². The van der Waals surface area contributed by atoms with Crippen LogP contribution in [-0.2, 0) is 9.47 Å². The van der Waals surface area contributed by atoms with Crippen LogP contribution in [0.25, 0.3) is 0 Å². The van der Waals surface area contributed by atoms with Crippen LogP contribution < -0.4 is 10.1 Å². The van der Waals surface area contributed by atoms with Crippen molar-refractivity contribution in [2.45, 2.75) is 51.2 Å². The zero-order valence-corrected chi connectivity index (χ0v) is 20.1. The normalized spacial score (nSPS) is 20.8. The maximum atomic E-state index is 6.11. The number of benzene rings is 1. The number of aliphatic imine (C=N–C) groups is 1. The molecule has 2 heterocycles. The Bertz CT molecular complexity index is 598. The summed E-state index contributed by atoms with van der Waals surface area (Å²) in [5.41, 5.74) is 1.24. The van der Waals surface area contributed by atoms with Crippen LogP contribution in [0.3, 0.4) is 0 Å². The Morgan fingerprint density at radius 1 is 1.17 bits per heavy atom. The first kappa shape index (κ1) is 24.2. The zero-order valence-electron chi connectivity index (χ0n) is 17.8. The van der Waals surface area contributed by atoms with Gasteiger partial charge in [-0.3, -0.25) is 4.99 Å². The van der Waals surface area contributed by atoms with Crippen molar-refractivity contribution < 1.29 is 14.2 Å². The van der Waals surface area contributed by atoms with E-state index >= 15 is 0 Å². The molecule has 164 valence electrons. The lowest BCUT2D eigenvalue weighted by Gasteiger charge is -2.35. The number of likely N-dealkylation sites (tertiary alicyclic amines) is 1. The Balaban J connectivity index is 0.00000300. The zero-order chi connectivity index (χ0) is 19.6. The highest BCUT2D eigenvalue weighted by Gasteiger charge is 2.23. The summed E-state index contributed by atoms with van der Waals surface area (Å²) in [5, 5.41) is 3.41. The Labute approximate surface area is 192 Å². The SMILES string of the molecule is CN=C(NCCOc1ccc(C)cc1)N1CCC(OCC2CCCCO2)CC1.I. The van der Waals surface area contributed by atoms with E-state index in [1.165, 1.54) is 18.4 Å². The molecule has 2 aliphatic rings. The van der Waals surface area contributed by atoms with Crippen molar-refractivity contribution in [3.8, 4) is 5.75 Å². The van der Waals surface area contributed by atoms with Gasteiger partial charge in [0.1, 0.15) is 12.4 Å². The number of hydrogen-bond acceptors (Lipinski definition) is 4. The van der Waals surface area contributed by atoms with Crippen LogP contribution in [0.15, 0.2) is 29.3 Å². The Morgan fingerprint density at radius 3 is 2.59 bits per heavy atom.